The minimum absolute atomic E-state index is 0.167. The van der Waals surface area contributed by atoms with E-state index in [1.807, 2.05) is 42.5 Å². The number of ether oxygens (including phenoxy) is 3. The number of carbonyl (C=O) groups excluding carboxylic acids is 3. The van der Waals surface area contributed by atoms with Crippen LogP contribution in [-0.4, -0.2) is 37.2 Å². The molecule has 0 saturated heterocycles. The van der Waals surface area contributed by atoms with Gasteiger partial charge in [0.2, 0.25) is 0 Å². The first-order chi connectivity index (χ1) is 17.0. The Labute approximate surface area is 204 Å². The molecule has 1 amide bonds. The van der Waals surface area contributed by atoms with Gasteiger partial charge in [-0.2, -0.15) is 0 Å². The van der Waals surface area contributed by atoms with Crippen LogP contribution in [0, 0.1) is 11.8 Å². The van der Waals surface area contributed by atoms with Gasteiger partial charge in [0.25, 0.3) is 5.91 Å². The first kappa shape index (κ1) is 25.5. The minimum Gasteiger partial charge on any atom is -0.458 e. The molecule has 1 aliphatic heterocycles. The molecule has 0 bridgehead atoms. The molecule has 2 aromatic rings. The first-order valence-electron chi connectivity index (χ1n) is 11.3. The molecule has 0 fully saturated rings. The maximum atomic E-state index is 13.1. The van der Waals surface area contributed by atoms with Crippen LogP contribution < -0.4 is 10.1 Å². The Morgan fingerprint density at radius 3 is 2.77 bits per heavy atom. The Bertz CT molecular complexity index is 1160. The van der Waals surface area contributed by atoms with Crippen LogP contribution in [0.2, 0.25) is 0 Å². The number of benzene rings is 2. The molecule has 0 radical (unpaired) electrons. The number of cyclic esters (lactones) is 1. The quantitative estimate of drug-likeness (QED) is 0.315. The summed E-state index contributed by atoms with van der Waals surface area (Å²) in [4.78, 5) is 36.6. The van der Waals surface area contributed by atoms with Crippen molar-refractivity contribution in [2.24, 2.45) is 0 Å². The van der Waals surface area contributed by atoms with Gasteiger partial charge in [-0.05, 0) is 30.2 Å². The van der Waals surface area contributed by atoms with Gasteiger partial charge in [0.1, 0.15) is 17.4 Å². The highest BCUT2D eigenvalue weighted by Gasteiger charge is 2.23. The third-order valence-electron chi connectivity index (χ3n) is 4.97. The van der Waals surface area contributed by atoms with Crippen molar-refractivity contribution in [1.29, 1.82) is 0 Å². The molecule has 1 atom stereocenters. The van der Waals surface area contributed by atoms with Crippen LogP contribution in [0.4, 0.5) is 0 Å². The smallest absolute Gasteiger partial charge is 0.342 e. The van der Waals surface area contributed by atoms with E-state index in [9.17, 15) is 14.4 Å². The molecule has 7 heteroatoms. The van der Waals surface area contributed by atoms with Crippen molar-refractivity contribution in [3.8, 4) is 17.6 Å². The monoisotopic (exact) mass is 473 g/mol. The van der Waals surface area contributed by atoms with Crippen molar-refractivity contribution >= 4 is 17.8 Å². The molecule has 1 aliphatic rings. The molecule has 0 aromatic heterocycles. The third-order valence-corrected chi connectivity index (χ3v) is 4.97. The van der Waals surface area contributed by atoms with Gasteiger partial charge in [0, 0.05) is 37.4 Å². The summed E-state index contributed by atoms with van der Waals surface area (Å²) in [7, 11) is 0. The van der Waals surface area contributed by atoms with Gasteiger partial charge >= 0.3 is 11.9 Å². The van der Waals surface area contributed by atoms with Crippen molar-refractivity contribution < 1.29 is 28.6 Å². The number of fused-ring (bicyclic) bond motifs is 1. The fourth-order valence-corrected chi connectivity index (χ4v) is 3.34. The molecule has 7 nitrogen and oxygen atoms in total. The van der Waals surface area contributed by atoms with E-state index in [1.54, 1.807) is 24.3 Å². The van der Waals surface area contributed by atoms with Crippen LogP contribution in [0.5, 0.6) is 5.75 Å². The Hall–Kier alpha value is -4.15. The van der Waals surface area contributed by atoms with Crippen molar-refractivity contribution in [3.05, 3.63) is 89.6 Å². The Balaban J connectivity index is 1.67. The SMILES string of the molecule is CC(=O)Oc1cccc2c1C(=O)O[C@@H](C/C=C/NC(=O)C#Cc1ccccc1)CCOC/C=C/C2. The van der Waals surface area contributed by atoms with E-state index in [-0.39, 0.29) is 11.3 Å². The van der Waals surface area contributed by atoms with Gasteiger partial charge in [-0.3, -0.25) is 9.59 Å². The molecule has 0 saturated carbocycles. The van der Waals surface area contributed by atoms with Gasteiger partial charge in [0.15, 0.2) is 0 Å². The molecule has 1 heterocycles. The summed E-state index contributed by atoms with van der Waals surface area (Å²) in [5.41, 5.74) is 1.66. The molecule has 35 heavy (non-hydrogen) atoms. The zero-order valence-corrected chi connectivity index (χ0v) is 19.5. The van der Waals surface area contributed by atoms with E-state index in [0.717, 1.165) is 5.56 Å². The highest BCUT2D eigenvalue weighted by Crippen LogP contribution is 2.26. The van der Waals surface area contributed by atoms with E-state index < -0.39 is 23.9 Å². The number of hydrogen-bond donors (Lipinski definition) is 1. The summed E-state index contributed by atoms with van der Waals surface area (Å²) in [6.45, 7) is 2.11. The lowest BCUT2D eigenvalue weighted by Crippen LogP contribution is -2.22. The molecular weight excluding hydrogens is 446 g/mol. The van der Waals surface area contributed by atoms with E-state index in [0.29, 0.717) is 38.0 Å². The summed E-state index contributed by atoms with van der Waals surface area (Å²) in [5, 5.41) is 2.59. The second-order valence-corrected chi connectivity index (χ2v) is 7.68. The molecule has 0 aliphatic carbocycles. The second-order valence-electron chi connectivity index (χ2n) is 7.68. The highest BCUT2D eigenvalue weighted by molar-refractivity contribution is 5.95. The molecular formula is C28H27NO6. The van der Waals surface area contributed by atoms with Crippen LogP contribution in [0.3, 0.4) is 0 Å². The van der Waals surface area contributed by atoms with E-state index in [2.05, 4.69) is 17.2 Å². The van der Waals surface area contributed by atoms with Crippen LogP contribution in [-0.2, 0) is 25.5 Å². The van der Waals surface area contributed by atoms with Gasteiger partial charge in [-0.15, -0.1) is 0 Å². The number of allylic oxidation sites excluding steroid dienone is 1. The topological polar surface area (TPSA) is 90.9 Å². The molecule has 2 aromatic carbocycles. The van der Waals surface area contributed by atoms with Gasteiger partial charge in [0.05, 0.1) is 13.2 Å². The van der Waals surface area contributed by atoms with Crippen LogP contribution in [0.25, 0.3) is 0 Å². The van der Waals surface area contributed by atoms with Gasteiger partial charge in [-0.1, -0.05) is 54.5 Å². The summed E-state index contributed by atoms with van der Waals surface area (Å²) in [5.74, 6) is 3.92. The number of esters is 2. The van der Waals surface area contributed by atoms with E-state index in [4.69, 9.17) is 14.2 Å². The molecule has 1 N–H and O–H groups in total. The number of hydrogen-bond acceptors (Lipinski definition) is 6. The Morgan fingerprint density at radius 1 is 1.14 bits per heavy atom. The standard InChI is InChI=1S/C28H27NO6/c1-21(30)34-25-14-7-12-23-11-5-6-19-33-20-17-24(35-28(32)27(23)25)13-8-18-29-26(31)16-15-22-9-3-2-4-10-22/h2-10,12,14,18,24H,11,13,17,19-20H2,1H3,(H,29,31)/b6-5+,18-8+/t24-/m0/s1. The van der Waals surface area contributed by atoms with Crippen molar-refractivity contribution in [1.82, 2.24) is 5.32 Å². The largest absolute Gasteiger partial charge is 0.458 e. The number of nitrogens with one attached hydrogen (secondary N) is 1. The zero-order chi connectivity index (χ0) is 24.9. The Morgan fingerprint density at radius 2 is 1.97 bits per heavy atom. The molecule has 3 rings (SSSR count). The number of carbonyl (C=O) groups is 3. The summed E-state index contributed by atoms with van der Waals surface area (Å²) in [6.07, 6.45) is 7.72. The number of rotatable bonds is 4. The predicted octanol–water partition coefficient (Wildman–Crippen LogP) is 3.73. The average molecular weight is 474 g/mol. The van der Waals surface area contributed by atoms with E-state index in [1.165, 1.54) is 13.1 Å². The highest BCUT2D eigenvalue weighted by atomic mass is 16.6. The van der Waals surface area contributed by atoms with Crippen LogP contribution in [0.1, 0.15) is 41.3 Å². The molecule has 180 valence electrons. The van der Waals surface area contributed by atoms with Gasteiger partial charge in [-0.25, -0.2) is 4.79 Å². The molecule has 0 unspecified atom stereocenters. The summed E-state index contributed by atoms with van der Waals surface area (Å²) < 4.78 is 16.6. The molecule has 0 spiro atoms. The zero-order valence-electron chi connectivity index (χ0n) is 19.5. The third kappa shape index (κ3) is 8.61. The fraction of sp³-hybridized carbons (Fsp3) is 0.250. The average Bonchev–Trinajstić information content (AvgIpc) is 2.84. The van der Waals surface area contributed by atoms with E-state index >= 15 is 0 Å². The lowest BCUT2D eigenvalue weighted by atomic mass is 10.0. The second kappa shape index (κ2) is 13.5. The normalized spacial score (nSPS) is 16.9. The minimum atomic E-state index is -0.581. The first-order valence-corrected chi connectivity index (χ1v) is 11.3. The predicted molar refractivity (Wildman–Crippen MR) is 130 cm³/mol. The maximum absolute atomic E-state index is 13.1. The van der Waals surface area contributed by atoms with Crippen LogP contribution in [0.15, 0.2) is 73.0 Å². The van der Waals surface area contributed by atoms with Crippen molar-refractivity contribution in [2.45, 2.75) is 32.3 Å². The lowest BCUT2D eigenvalue weighted by Gasteiger charge is -2.19. The Kier molecular flexibility index (Phi) is 9.85. The van der Waals surface area contributed by atoms with Gasteiger partial charge < -0.3 is 19.5 Å². The van der Waals surface area contributed by atoms with Crippen LogP contribution >= 0.6 is 0 Å². The number of amides is 1. The maximum Gasteiger partial charge on any atom is 0.342 e. The van der Waals surface area contributed by atoms with Crippen molar-refractivity contribution in [2.75, 3.05) is 13.2 Å². The van der Waals surface area contributed by atoms with Crippen molar-refractivity contribution in [3.63, 3.8) is 0 Å². The lowest BCUT2D eigenvalue weighted by molar-refractivity contribution is -0.131. The summed E-state index contributed by atoms with van der Waals surface area (Å²) >= 11 is 0. The summed E-state index contributed by atoms with van der Waals surface area (Å²) in [6, 6.07) is 14.3. The fourth-order valence-electron chi connectivity index (χ4n) is 3.34.